The highest BCUT2D eigenvalue weighted by Crippen LogP contribution is 2.29. The van der Waals surface area contributed by atoms with Crippen molar-refractivity contribution in [3.8, 4) is 0 Å². The fourth-order valence-corrected chi connectivity index (χ4v) is 4.54. The second kappa shape index (κ2) is 5.72. The van der Waals surface area contributed by atoms with Crippen LogP contribution in [0.5, 0.6) is 0 Å². The third kappa shape index (κ3) is 2.52. The monoisotopic (exact) mass is 344 g/mol. The number of aromatic nitrogens is 1. The first-order chi connectivity index (χ1) is 11.6. The first-order valence-corrected chi connectivity index (χ1v) is 9.39. The van der Waals surface area contributed by atoms with Crippen molar-refractivity contribution in [1.29, 1.82) is 0 Å². The molecule has 1 aromatic heterocycles. The molecule has 2 N–H and O–H groups in total. The van der Waals surface area contributed by atoms with E-state index in [0.717, 1.165) is 36.8 Å². The molecule has 0 fully saturated rings. The summed E-state index contributed by atoms with van der Waals surface area (Å²) in [6.07, 6.45) is 1.78. The molecular formula is C18H17FN2O2S. The van der Waals surface area contributed by atoms with Crippen LogP contribution in [0.15, 0.2) is 52.3 Å². The Morgan fingerprint density at radius 2 is 1.62 bits per heavy atom. The van der Waals surface area contributed by atoms with Gasteiger partial charge in [0.2, 0.25) is 9.84 Å². The zero-order valence-electron chi connectivity index (χ0n) is 13.0. The van der Waals surface area contributed by atoms with Crippen LogP contribution in [0.3, 0.4) is 0 Å². The van der Waals surface area contributed by atoms with E-state index in [1.807, 2.05) is 6.07 Å². The lowest BCUT2D eigenvalue weighted by Crippen LogP contribution is -2.16. The first kappa shape index (κ1) is 15.4. The summed E-state index contributed by atoms with van der Waals surface area (Å²) in [6, 6.07) is 10.1. The Morgan fingerprint density at radius 3 is 2.42 bits per heavy atom. The van der Waals surface area contributed by atoms with Crippen LogP contribution in [-0.4, -0.2) is 26.5 Å². The molecule has 4 nitrogen and oxygen atoms in total. The highest BCUT2D eigenvalue weighted by Gasteiger charge is 2.20. The zero-order chi connectivity index (χ0) is 16.7. The minimum absolute atomic E-state index is 0.103. The van der Waals surface area contributed by atoms with Crippen LogP contribution in [0.2, 0.25) is 0 Å². The van der Waals surface area contributed by atoms with Gasteiger partial charge in [0.15, 0.2) is 0 Å². The summed E-state index contributed by atoms with van der Waals surface area (Å²) in [5.41, 5.74) is 3.32. The fourth-order valence-electron chi connectivity index (χ4n) is 3.25. The van der Waals surface area contributed by atoms with Gasteiger partial charge in [-0.25, -0.2) is 12.8 Å². The van der Waals surface area contributed by atoms with Crippen molar-refractivity contribution in [3.05, 3.63) is 59.5 Å². The lowest BCUT2D eigenvalue weighted by atomic mass is 10.1. The molecule has 4 rings (SSSR count). The maximum Gasteiger partial charge on any atom is 0.206 e. The molecule has 0 aliphatic carbocycles. The third-order valence-corrected chi connectivity index (χ3v) is 6.27. The summed E-state index contributed by atoms with van der Waals surface area (Å²) in [4.78, 5) is 3.74. The predicted octanol–water partition coefficient (Wildman–Crippen LogP) is 2.83. The van der Waals surface area contributed by atoms with Crippen molar-refractivity contribution in [2.75, 3.05) is 13.1 Å². The molecule has 24 heavy (non-hydrogen) atoms. The number of hydrogen-bond donors (Lipinski definition) is 2. The number of fused-ring (bicyclic) bond motifs is 3. The van der Waals surface area contributed by atoms with Crippen LogP contribution in [0.1, 0.15) is 11.3 Å². The number of benzene rings is 2. The highest BCUT2D eigenvalue weighted by molar-refractivity contribution is 7.91. The van der Waals surface area contributed by atoms with Gasteiger partial charge in [-0.05, 0) is 61.0 Å². The van der Waals surface area contributed by atoms with E-state index in [2.05, 4.69) is 10.3 Å². The van der Waals surface area contributed by atoms with Gasteiger partial charge in [-0.3, -0.25) is 0 Å². The van der Waals surface area contributed by atoms with Crippen molar-refractivity contribution >= 4 is 20.7 Å². The quantitative estimate of drug-likeness (QED) is 0.703. The van der Waals surface area contributed by atoms with Crippen LogP contribution in [0.25, 0.3) is 10.9 Å². The van der Waals surface area contributed by atoms with E-state index in [4.69, 9.17) is 0 Å². The Kier molecular flexibility index (Phi) is 3.66. The first-order valence-electron chi connectivity index (χ1n) is 7.90. The van der Waals surface area contributed by atoms with Gasteiger partial charge in [0.1, 0.15) is 5.82 Å². The maximum atomic E-state index is 13.1. The van der Waals surface area contributed by atoms with Crippen molar-refractivity contribution in [2.24, 2.45) is 0 Å². The Bertz CT molecular complexity index is 1010. The predicted molar refractivity (Wildman–Crippen MR) is 90.4 cm³/mol. The van der Waals surface area contributed by atoms with Crippen LogP contribution in [-0.2, 0) is 22.7 Å². The summed E-state index contributed by atoms with van der Waals surface area (Å²) in [7, 11) is -3.66. The maximum absolute atomic E-state index is 13.1. The molecule has 0 unspecified atom stereocenters. The molecule has 124 valence electrons. The average molecular weight is 344 g/mol. The molecular weight excluding hydrogens is 327 g/mol. The van der Waals surface area contributed by atoms with Gasteiger partial charge < -0.3 is 10.3 Å². The van der Waals surface area contributed by atoms with Crippen molar-refractivity contribution in [1.82, 2.24) is 10.3 Å². The number of nitrogens with one attached hydrogen (secondary N) is 2. The van der Waals surface area contributed by atoms with Crippen molar-refractivity contribution in [3.63, 3.8) is 0 Å². The molecule has 1 aliphatic heterocycles. The summed E-state index contributed by atoms with van der Waals surface area (Å²) in [6.45, 7) is 1.80. The summed E-state index contributed by atoms with van der Waals surface area (Å²) in [5, 5.41) is 4.30. The molecule has 0 bridgehead atoms. The lowest BCUT2D eigenvalue weighted by molar-refractivity contribution is 0.595. The van der Waals surface area contributed by atoms with Crippen molar-refractivity contribution < 1.29 is 12.8 Å². The molecule has 0 spiro atoms. The van der Waals surface area contributed by atoms with Gasteiger partial charge in [0.25, 0.3) is 0 Å². The van der Waals surface area contributed by atoms with Gasteiger partial charge in [-0.1, -0.05) is 0 Å². The molecule has 2 aromatic carbocycles. The Hall–Kier alpha value is -2.18. The molecule has 3 aromatic rings. The minimum atomic E-state index is -3.66. The topological polar surface area (TPSA) is 62.0 Å². The molecule has 6 heteroatoms. The molecule has 0 atom stereocenters. The largest absolute Gasteiger partial charge is 0.358 e. The number of H-pyrrole nitrogens is 1. The highest BCUT2D eigenvalue weighted by atomic mass is 32.2. The summed E-state index contributed by atoms with van der Waals surface area (Å²) in [5.74, 6) is -0.451. The molecule has 0 radical (unpaired) electrons. The van der Waals surface area contributed by atoms with Gasteiger partial charge in [0, 0.05) is 29.6 Å². The van der Waals surface area contributed by atoms with E-state index < -0.39 is 15.7 Å². The second-order valence-electron chi connectivity index (χ2n) is 6.00. The summed E-state index contributed by atoms with van der Waals surface area (Å²) >= 11 is 0. The van der Waals surface area contributed by atoms with Crippen LogP contribution >= 0.6 is 0 Å². The van der Waals surface area contributed by atoms with E-state index in [9.17, 15) is 12.8 Å². The van der Waals surface area contributed by atoms with E-state index in [-0.39, 0.29) is 9.79 Å². The average Bonchev–Trinajstić information content (AvgIpc) is 2.75. The standard InChI is InChI=1S/C18H17FN2O2S/c19-12-1-3-13(4-2-12)24(22,23)14-5-6-17-16(11-14)15-7-9-20-10-8-18(15)21-17/h1-6,11,20-21H,7-10H2. The SMILES string of the molecule is O=S(=O)(c1ccc(F)cc1)c1ccc2[nH]c3c(c2c1)CCNCC3. The van der Waals surface area contributed by atoms with E-state index in [1.54, 1.807) is 12.1 Å². The zero-order valence-corrected chi connectivity index (χ0v) is 13.8. The Morgan fingerprint density at radius 1 is 0.917 bits per heavy atom. The lowest BCUT2D eigenvalue weighted by Gasteiger charge is -2.06. The second-order valence-corrected chi connectivity index (χ2v) is 7.95. The number of aromatic amines is 1. The smallest absolute Gasteiger partial charge is 0.206 e. The number of hydrogen-bond acceptors (Lipinski definition) is 3. The molecule has 0 saturated carbocycles. The Balaban J connectivity index is 1.85. The van der Waals surface area contributed by atoms with Crippen LogP contribution in [0.4, 0.5) is 4.39 Å². The van der Waals surface area contributed by atoms with Crippen LogP contribution < -0.4 is 5.32 Å². The minimum Gasteiger partial charge on any atom is -0.358 e. The number of rotatable bonds is 2. The van der Waals surface area contributed by atoms with E-state index in [0.29, 0.717) is 0 Å². The molecule has 0 amide bonds. The van der Waals surface area contributed by atoms with Gasteiger partial charge >= 0.3 is 0 Å². The molecule has 0 saturated heterocycles. The van der Waals surface area contributed by atoms with Crippen LogP contribution in [0, 0.1) is 5.82 Å². The fraction of sp³-hybridized carbons (Fsp3) is 0.222. The van der Waals surface area contributed by atoms with E-state index >= 15 is 0 Å². The number of sulfone groups is 1. The van der Waals surface area contributed by atoms with Gasteiger partial charge in [-0.15, -0.1) is 0 Å². The van der Waals surface area contributed by atoms with Crippen molar-refractivity contribution in [2.45, 2.75) is 22.6 Å². The van der Waals surface area contributed by atoms with Gasteiger partial charge in [-0.2, -0.15) is 0 Å². The molecule has 2 heterocycles. The molecule has 1 aliphatic rings. The third-order valence-electron chi connectivity index (χ3n) is 4.50. The number of halogens is 1. The normalized spacial score (nSPS) is 15.2. The van der Waals surface area contributed by atoms with Gasteiger partial charge in [0.05, 0.1) is 9.79 Å². The van der Waals surface area contributed by atoms with E-state index in [1.165, 1.54) is 35.5 Å². The Labute approximate surface area is 139 Å². The summed E-state index contributed by atoms with van der Waals surface area (Å²) < 4.78 is 38.7.